The second-order valence-corrected chi connectivity index (χ2v) is 18.8. The number of methoxy groups -OCH3 is 2. The maximum Gasteiger partial charge on any atom is 0.518 e. The van der Waals surface area contributed by atoms with E-state index in [-0.39, 0.29) is 48.2 Å². The van der Waals surface area contributed by atoms with Crippen molar-refractivity contribution in [1.29, 1.82) is 5.26 Å². The Hall–Kier alpha value is -5.87. The van der Waals surface area contributed by atoms with Crippen molar-refractivity contribution in [1.82, 2.24) is 15.1 Å². The van der Waals surface area contributed by atoms with Gasteiger partial charge in [0.1, 0.15) is 24.0 Å². The molecule has 0 saturated carbocycles. The van der Waals surface area contributed by atoms with Crippen LogP contribution in [0.4, 0.5) is 9.59 Å². The van der Waals surface area contributed by atoms with Crippen molar-refractivity contribution in [2.24, 2.45) is 0 Å². The highest BCUT2D eigenvalue weighted by Crippen LogP contribution is 2.64. The Morgan fingerprint density at radius 2 is 1.78 bits per heavy atom. The number of likely N-dealkylation sites (N-methyl/N-ethyl adjacent to an activating group) is 1. The number of carbonyl (C=O) groups excluding carboxylic acids is 3. The van der Waals surface area contributed by atoms with Crippen LogP contribution in [0.5, 0.6) is 40.2 Å². The Kier molecular flexibility index (Phi) is 10.8. The molecule has 1 spiro atoms. The maximum absolute atomic E-state index is 15.1. The summed E-state index contributed by atoms with van der Waals surface area (Å²) in [4.78, 5) is 45.6. The van der Waals surface area contributed by atoms with Gasteiger partial charge < -0.3 is 47.7 Å². The van der Waals surface area contributed by atoms with Gasteiger partial charge in [-0.1, -0.05) is 12.6 Å². The number of hydrogen-bond donors (Lipinski definition) is 2. The molecule has 2 saturated heterocycles. The summed E-state index contributed by atoms with van der Waals surface area (Å²) in [5.74, 6) is 1.02. The summed E-state index contributed by atoms with van der Waals surface area (Å²) in [7, 11) is 4.91. The Morgan fingerprint density at radius 3 is 2.48 bits per heavy atom. The highest BCUT2D eigenvalue weighted by Gasteiger charge is 2.62. The molecular formula is C46H50N4O13S. The van der Waals surface area contributed by atoms with Gasteiger partial charge in [-0.3, -0.25) is 15.1 Å². The first-order chi connectivity index (χ1) is 30.6. The van der Waals surface area contributed by atoms with Crippen LogP contribution in [0.3, 0.4) is 0 Å². The van der Waals surface area contributed by atoms with Crippen molar-refractivity contribution < 1.29 is 62.1 Å². The zero-order chi connectivity index (χ0) is 45.6. The second kappa shape index (κ2) is 16.0. The van der Waals surface area contributed by atoms with Crippen LogP contribution >= 0.6 is 11.8 Å². The van der Waals surface area contributed by atoms with Gasteiger partial charge >= 0.3 is 18.3 Å². The van der Waals surface area contributed by atoms with Gasteiger partial charge in [-0.2, -0.15) is 5.26 Å². The smallest absolute Gasteiger partial charge is 0.504 e. The van der Waals surface area contributed by atoms with E-state index in [0.29, 0.717) is 70.0 Å². The first kappa shape index (κ1) is 43.4. The molecule has 3 aromatic carbocycles. The molecule has 0 aromatic heterocycles. The fraction of sp³-hybridized carbons (Fsp3) is 0.478. The minimum absolute atomic E-state index is 0.00322. The average Bonchev–Trinajstić information content (AvgIpc) is 3.73. The molecule has 0 aliphatic carbocycles. The molecule has 7 aliphatic heterocycles. The van der Waals surface area contributed by atoms with Gasteiger partial charge in [0.2, 0.25) is 6.79 Å². The lowest BCUT2D eigenvalue weighted by Crippen LogP contribution is -2.69. The van der Waals surface area contributed by atoms with E-state index < -0.39 is 58.8 Å². The minimum atomic E-state index is -1.49. The number of hydrogen-bond acceptors (Lipinski definition) is 18. The Morgan fingerprint density at radius 1 is 1.02 bits per heavy atom. The fourth-order valence-electron chi connectivity index (χ4n) is 10.6. The van der Waals surface area contributed by atoms with Crippen molar-refractivity contribution in [2.75, 3.05) is 47.0 Å². The Bertz CT molecular complexity index is 2540. The number of fused-ring (bicyclic) bond motifs is 9. The molecule has 7 heterocycles. The van der Waals surface area contributed by atoms with Gasteiger partial charge in [0.25, 0.3) is 0 Å². The van der Waals surface area contributed by atoms with Crippen molar-refractivity contribution in [3.8, 4) is 46.3 Å². The lowest BCUT2D eigenvalue weighted by molar-refractivity contribution is -0.157. The number of nitrogens with zero attached hydrogens (tertiary/aromatic N) is 3. The lowest BCUT2D eigenvalue weighted by atomic mass is 9.71. The van der Waals surface area contributed by atoms with E-state index in [9.17, 15) is 20.0 Å². The molecule has 2 N–H and O–H groups in total. The molecule has 17 nitrogen and oxygen atoms in total. The van der Waals surface area contributed by atoms with Crippen molar-refractivity contribution in [3.63, 3.8) is 0 Å². The van der Waals surface area contributed by atoms with Gasteiger partial charge in [-0.25, -0.2) is 14.4 Å². The number of aryl methyl sites for hydroxylation is 1. The number of phenols is 1. The first-order valence-corrected chi connectivity index (χ1v) is 22.0. The van der Waals surface area contributed by atoms with Crippen LogP contribution in [-0.4, -0.2) is 104 Å². The Labute approximate surface area is 374 Å². The second-order valence-electron chi connectivity index (χ2n) is 17.7. The number of rotatable bonds is 5. The highest BCUT2D eigenvalue weighted by atomic mass is 32.2. The quantitative estimate of drug-likeness (QED) is 0.125. The number of piperazine rings is 1. The van der Waals surface area contributed by atoms with E-state index in [0.717, 1.165) is 17.4 Å². The number of phenolic OH excluding ortho intramolecular Hbond substituents is 1. The molecule has 4 bridgehead atoms. The standard InChI is InChI=1S/C46H50N4O13S/c1-10-57-43(53)62-38-22(3)39-40(60-20-59-39)32-28-18-58-42(52)46(25-16-29(55-8)30(15-23(25)11-12-48-46)61-44(54)63-45(4,5)6)19-64-41(33(32)38)35-34-31-24(13-21(2)37(56-9)36(31)51)14-26(49(34)7)27(17-47)50(28)35/h10,13,15-16,26-28,34-35,41,48,51H,1,11-12,14,18-20H2,2-9H3/t26-,27-,28-,34-,35?,41+,46+/m0/s1. The summed E-state index contributed by atoms with van der Waals surface area (Å²) in [5.41, 5.74) is 2.86. The predicted octanol–water partition coefficient (Wildman–Crippen LogP) is 6.33. The third-order valence-electron chi connectivity index (χ3n) is 13.1. The fourth-order valence-corrected chi connectivity index (χ4v) is 12.3. The number of nitrogens with one attached hydrogen (secondary N) is 1. The molecule has 10 rings (SSSR count). The van der Waals surface area contributed by atoms with E-state index in [1.807, 2.05) is 20.0 Å². The van der Waals surface area contributed by atoms with Gasteiger partial charge in [-0.05, 0) is 88.9 Å². The maximum atomic E-state index is 15.1. The molecule has 0 radical (unpaired) electrons. The molecular weight excluding hydrogens is 849 g/mol. The van der Waals surface area contributed by atoms with Crippen LogP contribution in [0.1, 0.15) is 82.6 Å². The third-order valence-corrected chi connectivity index (χ3v) is 14.6. The molecule has 338 valence electrons. The number of nitriles is 1. The van der Waals surface area contributed by atoms with E-state index >= 15 is 4.79 Å². The van der Waals surface area contributed by atoms with E-state index in [4.69, 9.17) is 42.6 Å². The molecule has 18 heteroatoms. The number of carbonyl (C=O) groups is 3. The van der Waals surface area contributed by atoms with Gasteiger partial charge in [0.05, 0.1) is 43.9 Å². The normalized spacial score (nSPS) is 26.5. The van der Waals surface area contributed by atoms with Crippen LogP contribution in [0.15, 0.2) is 31.0 Å². The van der Waals surface area contributed by atoms with E-state index in [1.165, 1.54) is 26.0 Å². The topological polar surface area (TPSA) is 197 Å². The van der Waals surface area contributed by atoms with Crippen LogP contribution < -0.4 is 33.7 Å². The number of aromatic hydroxyl groups is 1. The summed E-state index contributed by atoms with van der Waals surface area (Å²) in [5, 5.41) is 26.2. The van der Waals surface area contributed by atoms with Crippen LogP contribution in [0.2, 0.25) is 0 Å². The largest absolute Gasteiger partial charge is 0.518 e. The van der Waals surface area contributed by atoms with E-state index in [1.54, 1.807) is 39.8 Å². The average molecular weight is 899 g/mol. The molecule has 7 atom stereocenters. The molecule has 64 heavy (non-hydrogen) atoms. The number of esters is 1. The first-order valence-electron chi connectivity index (χ1n) is 21.0. The zero-order valence-electron chi connectivity index (χ0n) is 36.8. The highest BCUT2D eigenvalue weighted by molar-refractivity contribution is 7.99. The number of ether oxygens (including phenoxy) is 9. The van der Waals surface area contributed by atoms with Crippen LogP contribution in [0, 0.1) is 25.2 Å². The summed E-state index contributed by atoms with van der Waals surface area (Å²) in [6.45, 7) is 12.3. The van der Waals surface area contributed by atoms with Crippen LogP contribution in [0.25, 0.3) is 0 Å². The number of thioether (sulfide) groups is 1. The van der Waals surface area contributed by atoms with Crippen molar-refractivity contribution in [3.05, 3.63) is 75.5 Å². The molecule has 0 amide bonds. The molecule has 2 fully saturated rings. The predicted molar refractivity (Wildman–Crippen MR) is 229 cm³/mol. The molecule has 7 aliphatic rings. The van der Waals surface area contributed by atoms with Crippen molar-refractivity contribution in [2.45, 2.75) is 94.1 Å². The lowest BCUT2D eigenvalue weighted by Gasteiger charge is -2.62. The summed E-state index contributed by atoms with van der Waals surface area (Å²) in [6.07, 6.45) is -0.0566. The monoisotopic (exact) mass is 898 g/mol. The summed E-state index contributed by atoms with van der Waals surface area (Å²) >= 11 is 1.41. The Balaban J connectivity index is 1.27. The summed E-state index contributed by atoms with van der Waals surface area (Å²) < 4.78 is 52.7. The van der Waals surface area contributed by atoms with Gasteiger partial charge in [0, 0.05) is 46.6 Å². The molecule has 1 unspecified atom stereocenters. The number of benzene rings is 3. The van der Waals surface area contributed by atoms with Gasteiger partial charge in [0.15, 0.2) is 40.0 Å². The third kappa shape index (κ3) is 6.65. The van der Waals surface area contributed by atoms with E-state index in [2.05, 4.69) is 27.8 Å². The minimum Gasteiger partial charge on any atom is -0.504 e. The van der Waals surface area contributed by atoms with Crippen molar-refractivity contribution >= 4 is 30.0 Å². The van der Waals surface area contributed by atoms with Gasteiger partial charge in [-0.15, -0.1) is 11.8 Å². The zero-order valence-corrected chi connectivity index (χ0v) is 37.6. The van der Waals surface area contributed by atoms with Crippen LogP contribution in [-0.2, 0) is 37.4 Å². The summed E-state index contributed by atoms with van der Waals surface area (Å²) in [6, 6.07) is 4.85. The SMILES string of the molecule is C=COC(=O)Oc1c(C)c2c(c3c1[C@H]1SC[C@]4(NCCc5cc(OC(=O)OC(C)(C)C)c(OC)cc54)C(=O)OC[C@@H]3N3C1[C@@H]1c4c(cc(C)c(OC)c4O)C[C@@H]([C@@H]3C#N)N1C)OCO2. The molecule has 3 aromatic rings.